The topological polar surface area (TPSA) is 91.1 Å². The van der Waals surface area contributed by atoms with Gasteiger partial charge in [-0.05, 0) is 28.8 Å². The Labute approximate surface area is 208 Å². The van der Waals surface area contributed by atoms with Crippen molar-refractivity contribution in [1.82, 2.24) is 20.2 Å². The highest BCUT2D eigenvalue weighted by Crippen LogP contribution is 2.33. The van der Waals surface area contributed by atoms with Gasteiger partial charge in [0.1, 0.15) is 12.4 Å². The molecule has 0 saturated carbocycles. The molecule has 2 aromatic heterocycles. The third kappa shape index (κ3) is 5.54. The minimum atomic E-state index is -0.264. The summed E-state index contributed by atoms with van der Waals surface area (Å²) in [6.45, 7) is 4.49. The van der Waals surface area contributed by atoms with Crippen molar-refractivity contribution in [2.75, 3.05) is 32.8 Å². The minimum Gasteiger partial charge on any atom is -0.379 e. The second-order valence-corrected chi connectivity index (χ2v) is 9.36. The molecule has 0 atom stereocenters. The van der Waals surface area contributed by atoms with Gasteiger partial charge in [0.15, 0.2) is 0 Å². The van der Waals surface area contributed by atoms with Gasteiger partial charge in [0.25, 0.3) is 5.91 Å². The quantitative estimate of drug-likeness (QED) is 0.399. The van der Waals surface area contributed by atoms with Crippen molar-refractivity contribution < 1.29 is 9.53 Å². The van der Waals surface area contributed by atoms with Gasteiger partial charge in [-0.3, -0.25) is 9.69 Å². The number of nitriles is 1. The van der Waals surface area contributed by atoms with Crippen LogP contribution in [0.5, 0.6) is 0 Å². The molecule has 1 aliphatic rings. The summed E-state index contributed by atoms with van der Waals surface area (Å²) in [5.74, 6) is 0.501. The van der Waals surface area contributed by atoms with Gasteiger partial charge in [-0.15, -0.1) is 11.3 Å². The maximum absolute atomic E-state index is 12.3. The van der Waals surface area contributed by atoms with Crippen LogP contribution in [0, 0.1) is 11.3 Å². The monoisotopic (exact) mass is 483 g/mol. The Morgan fingerprint density at radius 2 is 1.94 bits per heavy atom. The van der Waals surface area contributed by atoms with Crippen molar-refractivity contribution in [1.29, 1.82) is 5.26 Å². The van der Waals surface area contributed by atoms with E-state index in [4.69, 9.17) is 15.0 Å². The molecule has 0 unspecified atom stereocenters. The lowest BCUT2D eigenvalue weighted by atomic mass is 10.0. The van der Waals surface area contributed by atoms with Crippen LogP contribution < -0.4 is 5.32 Å². The second-order valence-electron chi connectivity index (χ2n) is 8.45. The molecule has 1 amide bonds. The summed E-state index contributed by atoms with van der Waals surface area (Å²) in [6, 6.07) is 18.0. The molecule has 35 heavy (non-hydrogen) atoms. The summed E-state index contributed by atoms with van der Waals surface area (Å²) in [4.78, 5) is 24.2. The highest BCUT2D eigenvalue weighted by molar-refractivity contribution is 7.17. The Bertz CT molecular complexity index is 1370. The van der Waals surface area contributed by atoms with Crippen molar-refractivity contribution in [3.05, 3.63) is 82.6 Å². The molecule has 7 nitrogen and oxygen atoms in total. The highest BCUT2D eigenvalue weighted by Gasteiger charge is 2.14. The van der Waals surface area contributed by atoms with Gasteiger partial charge in [-0.2, -0.15) is 5.26 Å². The fourth-order valence-electron chi connectivity index (χ4n) is 4.17. The van der Waals surface area contributed by atoms with Crippen LogP contribution in [-0.4, -0.2) is 53.6 Å². The van der Waals surface area contributed by atoms with Gasteiger partial charge in [-0.1, -0.05) is 36.4 Å². The van der Waals surface area contributed by atoms with E-state index in [1.54, 1.807) is 17.4 Å². The van der Waals surface area contributed by atoms with Crippen LogP contribution in [0.15, 0.2) is 60.1 Å². The number of ether oxygens (including phenoxy) is 1. The van der Waals surface area contributed by atoms with Crippen LogP contribution in [0.4, 0.5) is 0 Å². The Kier molecular flexibility index (Phi) is 7.09. The predicted molar refractivity (Wildman–Crippen MR) is 136 cm³/mol. The maximum Gasteiger partial charge on any atom is 0.252 e. The normalized spacial score (nSPS) is 14.0. The second kappa shape index (κ2) is 10.7. The molecule has 1 saturated heterocycles. The van der Waals surface area contributed by atoms with Gasteiger partial charge >= 0.3 is 0 Å². The molecule has 0 bridgehead atoms. The first kappa shape index (κ1) is 23.1. The fraction of sp³-hybridized carbons (Fsp3) is 0.259. The van der Waals surface area contributed by atoms with E-state index in [1.807, 2.05) is 30.5 Å². The molecule has 4 aromatic rings. The number of carbonyl (C=O) groups excluding carboxylic acids is 1. The lowest BCUT2D eigenvalue weighted by Gasteiger charge is -2.26. The van der Waals surface area contributed by atoms with Gasteiger partial charge in [0.05, 0.1) is 29.5 Å². The number of amides is 1. The summed E-state index contributed by atoms with van der Waals surface area (Å²) in [5.41, 5.74) is 5.76. The number of benzene rings is 2. The van der Waals surface area contributed by atoms with Gasteiger partial charge in [-0.25, -0.2) is 9.97 Å². The first-order chi connectivity index (χ1) is 17.2. The van der Waals surface area contributed by atoms with E-state index in [2.05, 4.69) is 44.8 Å². The van der Waals surface area contributed by atoms with E-state index in [0.29, 0.717) is 12.0 Å². The Morgan fingerprint density at radius 1 is 1.14 bits per heavy atom. The van der Waals surface area contributed by atoms with Crippen molar-refractivity contribution in [2.45, 2.75) is 13.0 Å². The zero-order valence-electron chi connectivity index (χ0n) is 19.2. The summed E-state index contributed by atoms with van der Waals surface area (Å²) in [7, 11) is 0. The van der Waals surface area contributed by atoms with Crippen molar-refractivity contribution >= 4 is 27.5 Å². The molecular weight excluding hydrogens is 458 g/mol. The Hall–Kier alpha value is -3.64. The summed E-state index contributed by atoms with van der Waals surface area (Å²) < 4.78 is 6.43. The minimum absolute atomic E-state index is 0.0186. The van der Waals surface area contributed by atoms with Crippen LogP contribution >= 0.6 is 11.3 Å². The van der Waals surface area contributed by atoms with Gasteiger partial charge in [0.2, 0.25) is 0 Å². The Morgan fingerprint density at radius 3 is 2.74 bits per heavy atom. The molecule has 8 heteroatoms. The molecule has 5 rings (SSSR count). The molecule has 0 radical (unpaired) electrons. The molecule has 3 heterocycles. The molecule has 0 aliphatic carbocycles. The average molecular weight is 484 g/mol. The summed E-state index contributed by atoms with van der Waals surface area (Å²) >= 11 is 1.59. The number of thiophene rings is 1. The largest absolute Gasteiger partial charge is 0.379 e. The first-order valence-corrected chi connectivity index (χ1v) is 12.4. The third-order valence-electron chi connectivity index (χ3n) is 6.02. The number of aromatic nitrogens is 2. The summed E-state index contributed by atoms with van der Waals surface area (Å²) in [5, 5.41) is 13.4. The summed E-state index contributed by atoms with van der Waals surface area (Å²) in [6.07, 6.45) is 2.53. The number of nitrogens with one attached hydrogen (secondary N) is 1. The Balaban J connectivity index is 1.33. The average Bonchev–Trinajstić information content (AvgIpc) is 3.32. The van der Waals surface area contributed by atoms with E-state index in [0.717, 1.165) is 60.0 Å². The molecule has 0 spiro atoms. The molecule has 1 N–H and O–H groups in total. The molecule has 176 valence electrons. The van der Waals surface area contributed by atoms with Crippen LogP contribution in [0.2, 0.25) is 0 Å². The van der Waals surface area contributed by atoms with Crippen LogP contribution in [-0.2, 0) is 17.7 Å². The van der Waals surface area contributed by atoms with Crippen LogP contribution in [0.3, 0.4) is 0 Å². The number of hydrogen-bond acceptors (Lipinski definition) is 7. The number of morpholine rings is 1. The lowest BCUT2D eigenvalue weighted by Crippen LogP contribution is -2.35. The molecular formula is C27H25N5O2S. The number of fused-ring (bicyclic) bond motifs is 1. The van der Waals surface area contributed by atoms with Crippen molar-refractivity contribution in [3.8, 4) is 17.2 Å². The number of hydrogen-bond donors (Lipinski definition) is 1. The highest BCUT2D eigenvalue weighted by atomic mass is 32.1. The lowest BCUT2D eigenvalue weighted by molar-refractivity contribution is 0.0342. The molecule has 2 aromatic carbocycles. The van der Waals surface area contributed by atoms with Gasteiger partial charge < -0.3 is 10.1 Å². The smallest absolute Gasteiger partial charge is 0.252 e. The molecule has 1 aliphatic heterocycles. The zero-order chi connectivity index (χ0) is 24.0. The van der Waals surface area contributed by atoms with E-state index in [1.165, 1.54) is 11.1 Å². The molecule has 1 fully saturated rings. The number of carbonyl (C=O) groups is 1. The SMILES string of the molecule is N#CCNC(=O)c1cccc(-c2csc3cnc(Cc4ccc(CN5CCOCC5)cc4)nc23)c1. The van der Waals surface area contributed by atoms with Crippen molar-refractivity contribution in [2.24, 2.45) is 0 Å². The number of nitrogens with zero attached hydrogens (tertiary/aromatic N) is 4. The van der Waals surface area contributed by atoms with E-state index < -0.39 is 0 Å². The van der Waals surface area contributed by atoms with Gasteiger partial charge in [0, 0.05) is 48.8 Å². The van der Waals surface area contributed by atoms with E-state index >= 15 is 0 Å². The zero-order valence-corrected chi connectivity index (χ0v) is 20.1. The maximum atomic E-state index is 12.3. The van der Waals surface area contributed by atoms with E-state index in [-0.39, 0.29) is 12.5 Å². The first-order valence-electron chi connectivity index (χ1n) is 11.6. The van der Waals surface area contributed by atoms with Crippen LogP contribution in [0.25, 0.3) is 21.3 Å². The van der Waals surface area contributed by atoms with Crippen molar-refractivity contribution in [3.63, 3.8) is 0 Å². The number of rotatable bonds is 7. The van der Waals surface area contributed by atoms with E-state index in [9.17, 15) is 4.79 Å². The predicted octanol–water partition coefficient (Wildman–Crippen LogP) is 4.03. The third-order valence-corrected chi connectivity index (χ3v) is 6.93. The van der Waals surface area contributed by atoms with Crippen LogP contribution in [0.1, 0.15) is 27.3 Å². The standard InChI is InChI=1S/C27H25N5O2S/c28-8-9-29-27(33)22-3-1-2-21(15-22)23-18-35-24-16-30-25(31-26(23)24)14-19-4-6-20(7-5-19)17-32-10-12-34-13-11-32/h1-7,15-16,18H,9-14,17H2,(H,29,33). The fourth-order valence-corrected chi connectivity index (χ4v) is 5.04.